The maximum absolute atomic E-state index is 5.68. The molecule has 0 amide bonds. The van der Waals surface area contributed by atoms with Gasteiger partial charge in [0.05, 0.1) is 6.10 Å². The first-order valence-corrected chi connectivity index (χ1v) is 5.26. The summed E-state index contributed by atoms with van der Waals surface area (Å²) in [5, 5.41) is 0. The Balaban J connectivity index is 2.18. The smallest absolute Gasteiger partial charge is 0.158 e. The van der Waals surface area contributed by atoms with E-state index in [0.717, 1.165) is 19.4 Å². The van der Waals surface area contributed by atoms with Crippen molar-refractivity contribution in [3.8, 4) is 0 Å². The van der Waals surface area contributed by atoms with Crippen LogP contribution in [0.4, 0.5) is 0 Å². The van der Waals surface area contributed by atoms with Gasteiger partial charge in [-0.2, -0.15) is 0 Å². The van der Waals surface area contributed by atoms with E-state index in [1.54, 1.807) is 0 Å². The van der Waals surface area contributed by atoms with Crippen molar-refractivity contribution in [3.63, 3.8) is 0 Å². The van der Waals surface area contributed by atoms with Crippen LogP contribution in [0.3, 0.4) is 0 Å². The molecule has 0 spiro atoms. The average Bonchev–Trinajstić information content (AvgIpc) is 2.16. The van der Waals surface area contributed by atoms with Crippen molar-refractivity contribution in [1.82, 2.24) is 0 Å². The fourth-order valence-electron chi connectivity index (χ4n) is 1.43. The molecular formula is C11H20O2. The second kappa shape index (κ2) is 6.17. The first-order valence-electron chi connectivity index (χ1n) is 5.26. The van der Waals surface area contributed by atoms with Crippen LogP contribution in [0.5, 0.6) is 0 Å². The number of hydrogen-bond donors (Lipinski definition) is 0. The summed E-state index contributed by atoms with van der Waals surface area (Å²) in [6.45, 7) is 5.04. The summed E-state index contributed by atoms with van der Waals surface area (Å²) in [7, 11) is 0. The van der Waals surface area contributed by atoms with Gasteiger partial charge in [0.1, 0.15) is 0 Å². The van der Waals surface area contributed by atoms with E-state index in [2.05, 4.69) is 26.0 Å². The summed E-state index contributed by atoms with van der Waals surface area (Å²) < 4.78 is 11.2. The lowest BCUT2D eigenvalue weighted by Crippen LogP contribution is -2.25. The van der Waals surface area contributed by atoms with Crippen LogP contribution in [-0.4, -0.2) is 19.0 Å². The van der Waals surface area contributed by atoms with Crippen LogP contribution >= 0.6 is 0 Å². The third-order valence-electron chi connectivity index (χ3n) is 2.15. The molecule has 1 fully saturated rings. The van der Waals surface area contributed by atoms with Gasteiger partial charge in [0.2, 0.25) is 0 Å². The van der Waals surface area contributed by atoms with Gasteiger partial charge in [-0.05, 0) is 32.6 Å². The molecule has 0 aromatic carbocycles. The molecule has 1 heterocycles. The van der Waals surface area contributed by atoms with Crippen molar-refractivity contribution in [2.75, 3.05) is 6.61 Å². The molecule has 1 saturated heterocycles. The van der Waals surface area contributed by atoms with E-state index in [0.29, 0.717) is 0 Å². The topological polar surface area (TPSA) is 18.5 Å². The van der Waals surface area contributed by atoms with Crippen molar-refractivity contribution in [2.24, 2.45) is 0 Å². The van der Waals surface area contributed by atoms with Crippen molar-refractivity contribution in [2.45, 2.75) is 51.9 Å². The Labute approximate surface area is 80.9 Å². The summed E-state index contributed by atoms with van der Waals surface area (Å²) in [6, 6.07) is 0. The Morgan fingerprint density at radius 1 is 1.54 bits per heavy atom. The maximum atomic E-state index is 5.68. The minimum atomic E-state index is 0.0326. The molecule has 2 atom stereocenters. The number of hydrogen-bond acceptors (Lipinski definition) is 2. The average molecular weight is 184 g/mol. The van der Waals surface area contributed by atoms with E-state index >= 15 is 0 Å². The van der Waals surface area contributed by atoms with E-state index in [4.69, 9.17) is 9.47 Å². The Bertz CT molecular complexity index is 148. The van der Waals surface area contributed by atoms with Gasteiger partial charge in [-0.15, -0.1) is 0 Å². The van der Waals surface area contributed by atoms with E-state index in [1.165, 1.54) is 12.8 Å². The first kappa shape index (κ1) is 10.7. The van der Waals surface area contributed by atoms with Gasteiger partial charge in [0, 0.05) is 6.61 Å². The zero-order chi connectivity index (χ0) is 9.52. The van der Waals surface area contributed by atoms with Gasteiger partial charge in [-0.1, -0.05) is 19.1 Å². The fraction of sp³-hybridized carbons (Fsp3) is 0.818. The Morgan fingerprint density at radius 2 is 2.38 bits per heavy atom. The standard InChI is InChI=1S/C11H20O2/c1-3-4-7-10(2)13-11-8-5-6-9-12-11/h4,7,10-11H,3,5-6,8-9H2,1-2H3/t10-,11?/m1/s1. The SMILES string of the molecule is CCC=C[C@@H](C)OC1CCCCO1. The lowest BCUT2D eigenvalue weighted by Gasteiger charge is -2.24. The third-order valence-corrected chi connectivity index (χ3v) is 2.15. The lowest BCUT2D eigenvalue weighted by molar-refractivity contribution is -0.174. The van der Waals surface area contributed by atoms with Gasteiger partial charge in [0.15, 0.2) is 6.29 Å². The van der Waals surface area contributed by atoms with Crippen LogP contribution in [0.15, 0.2) is 12.2 Å². The molecule has 1 unspecified atom stereocenters. The molecule has 1 aliphatic heterocycles. The van der Waals surface area contributed by atoms with Crippen molar-refractivity contribution < 1.29 is 9.47 Å². The van der Waals surface area contributed by atoms with E-state index < -0.39 is 0 Å². The predicted octanol–water partition coefficient (Wildman–Crippen LogP) is 2.88. The summed E-state index contributed by atoms with van der Waals surface area (Å²) in [4.78, 5) is 0. The van der Waals surface area contributed by atoms with Crippen LogP contribution in [-0.2, 0) is 9.47 Å². The highest BCUT2D eigenvalue weighted by Crippen LogP contribution is 2.15. The van der Waals surface area contributed by atoms with Gasteiger partial charge in [-0.25, -0.2) is 0 Å². The second-order valence-electron chi connectivity index (χ2n) is 3.47. The Morgan fingerprint density at radius 3 is 3.00 bits per heavy atom. The van der Waals surface area contributed by atoms with Gasteiger partial charge >= 0.3 is 0 Å². The van der Waals surface area contributed by atoms with Crippen LogP contribution in [0.1, 0.15) is 39.5 Å². The quantitative estimate of drug-likeness (QED) is 0.625. The molecule has 0 bridgehead atoms. The van der Waals surface area contributed by atoms with Gasteiger partial charge in [0.25, 0.3) is 0 Å². The molecule has 1 aliphatic rings. The molecule has 2 heteroatoms. The molecule has 2 nitrogen and oxygen atoms in total. The monoisotopic (exact) mass is 184 g/mol. The molecule has 1 rings (SSSR count). The highest BCUT2D eigenvalue weighted by Gasteiger charge is 2.15. The summed E-state index contributed by atoms with van der Waals surface area (Å²) in [5.41, 5.74) is 0. The van der Waals surface area contributed by atoms with Crippen molar-refractivity contribution in [1.29, 1.82) is 0 Å². The molecule has 0 aromatic heterocycles. The van der Waals surface area contributed by atoms with E-state index in [1.807, 2.05) is 0 Å². The zero-order valence-electron chi connectivity index (χ0n) is 8.66. The van der Waals surface area contributed by atoms with Crippen LogP contribution in [0.2, 0.25) is 0 Å². The fourth-order valence-corrected chi connectivity index (χ4v) is 1.43. The highest BCUT2D eigenvalue weighted by molar-refractivity contribution is 4.86. The minimum absolute atomic E-state index is 0.0326. The Hall–Kier alpha value is -0.340. The molecule has 0 aromatic rings. The first-order chi connectivity index (χ1) is 6.33. The summed E-state index contributed by atoms with van der Waals surface area (Å²) in [5.74, 6) is 0. The van der Waals surface area contributed by atoms with E-state index in [-0.39, 0.29) is 12.4 Å². The highest BCUT2D eigenvalue weighted by atomic mass is 16.7. The normalized spacial score (nSPS) is 26.5. The summed E-state index contributed by atoms with van der Waals surface area (Å²) in [6.07, 6.45) is 8.97. The van der Waals surface area contributed by atoms with Crippen LogP contribution in [0.25, 0.3) is 0 Å². The second-order valence-corrected chi connectivity index (χ2v) is 3.47. The number of rotatable bonds is 4. The van der Waals surface area contributed by atoms with Crippen molar-refractivity contribution >= 4 is 0 Å². The third kappa shape index (κ3) is 4.44. The van der Waals surface area contributed by atoms with Crippen molar-refractivity contribution in [3.05, 3.63) is 12.2 Å². The van der Waals surface area contributed by atoms with Gasteiger partial charge < -0.3 is 9.47 Å². The van der Waals surface area contributed by atoms with Crippen LogP contribution in [0, 0.1) is 0 Å². The minimum Gasteiger partial charge on any atom is -0.353 e. The maximum Gasteiger partial charge on any atom is 0.158 e. The number of ether oxygens (including phenoxy) is 2. The lowest BCUT2D eigenvalue weighted by atomic mass is 10.2. The summed E-state index contributed by atoms with van der Waals surface area (Å²) >= 11 is 0. The van der Waals surface area contributed by atoms with Crippen LogP contribution < -0.4 is 0 Å². The zero-order valence-corrected chi connectivity index (χ0v) is 8.66. The Kier molecular flexibility index (Phi) is 5.09. The largest absolute Gasteiger partial charge is 0.353 e. The molecule has 0 radical (unpaired) electrons. The number of allylic oxidation sites excluding steroid dienone is 1. The molecular weight excluding hydrogens is 164 g/mol. The molecule has 13 heavy (non-hydrogen) atoms. The molecule has 0 saturated carbocycles. The van der Waals surface area contributed by atoms with Gasteiger partial charge in [-0.3, -0.25) is 0 Å². The molecule has 76 valence electrons. The molecule has 0 aliphatic carbocycles. The van der Waals surface area contributed by atoms with E-state index in [9.17, 15) is 0 Å². The predicted molar refractivity (Wildman–Crippen MR) is 53.6 cm³/mol. The molecule has 0 N–H and O–H groups in total.